The second-order valence-electron chi connectivity index (χ2n) is 9.55. The summed E-state index contributed by atoms with van der Waals surface area (Å²) in [5.41, 5.74) is 0. The summed E-state index contributed by atoms with van der Waals surface area (Å²) in [5, 5.41) is 3.82. The molecular formula is C24H46N2. The number of unbranched alkanes of at least 4 members (excludes halogenated alkanes) is 7. The summed E-state index contributed by atoms with van der Waals surface area (Å²) >= 11 is 0. The van der Waals surface area contributed by atoms with Crippen LogP contribution in [0.1, 0.15) is 122 Å². The van der Waals surface area contributed by atoms with Gasteiger partial charge in [0, 0.05) is 12.1 Å². The molecule has 0 saturated carbocycles. The number of hydrogen-bond donors (Lipinski definition) is 1. The second kappa shape index (κ2) is 11.7. The molecule has 3 saturated heterocycles. The van der Waals surface area contributed by atoms with Gasteiger partial charge in [-0.3, -0.25) is 10.2 Å². The van der Waals surface area contributed by atoms with Crippen LogP contribution in [0.2, 0.25) is 0 Å². The number of fused-ring (bicyclic) bond motifs is 3. The van der Waals surface area contributed by atoms with E-state index in [1.54, 1.807) is 0 Å². The van der Waals surface area contributed by atoms with Gasteiger partial charge in [-0.25, -0.2) is 0 Å². The molecule has 3 rings (SSSR count). The van der Waals surface area contributed by atoms with Gasteiger partial charge in [-0.05, 0) is 38.1 Å². The first-order valence-electron chi connectivity index (χ1n) is 12.4. The zero-order valence-corrected chi connectivity index (χ0v) is 17.7. The van der Waals surface area contributed by atoms with Gasteiger partial charge < -0.3 is 0 Å². The average molecular weight is 363 g/mol. The predicted molar refractivity (Wildman–Crippen MR) is 113 cm³/mol. The molecule has 0 aliphatic carbocycles. The van der Waals surface area contributed by atoms with Crippen LogP contribution in [0, 0.1) is 5.92 Å². The van der Waals surface area contributed by atoms with Crippen LogP contribution >= 0.6 is 0 Å². The van der Waals surface area contributed by atoms with E-state index in [1.807, 2.05) is 0 Å². The maximum atomic E-state index is 3.82. The molecule has 2 heteroatoms. The van der Waals surface area contributed by atoms with Gasteiger partial charge in [0.2, 0.25) is 0 Å². The SMILES string of the molecule is CCCCCCCCCCC1CC2NC2N2CCCCCCCCCC12. The van der Waals surface area contributed by atoms with Gasteiger partial charge in [0.25, 0.3) is 0 Å². The zero-order chi connectivity index (χ0) is 18.0. The van der Waals surface area contributed by atoms with Gasteiger partial charge in [0.1, 0.15) is 0 Å². The maximum Gasteiger partial charge on any atom is 0.0761 e. The monoisotopic (exact) mass is 362 g/mol. The Hall–Kier alpha value is -0.0800. The molecule has 1 N–H and O–H groups in total. The van der Waals surface area contributed by atoms with E-state index in [0.717, 1.165) is 24.2 Å². The normalized spacial score (nSPS) is 33.1. The zero-order valence-electron chi connectivity index (χ0n) is 17.7. The molecule has 0 aromatic carbocycles. The van der Waals surface area contributed by atoms with E-state index in [9.17, 15) is 0 Å². The lowest BCUT2D eigenvalue weighted by Gasteiger charge is -2.40. The summed E-state index contributed by atoms with van der Waals surface area (Å²) in [6.07, 6.45) is 27.2. The number of nitrogens with zero attached hydrogens (tertiary/aromatic N) is 1. The van der Waals surface area contributed by atoms with Crippen LogP contribution in [0.5, 0.6) is 0 Å². The molecule has 3 aliphatic heterocycles. The van der Waals surface area contributed by atoms with Gasteiger partial charge in [-0.2, -0.15) is 0 Å². The van der Waals surface area contributed by atoms with E-state index < -0.39 is 0 Å². The predicted octanol–water partition coefficient (Wildman–Crippen LogP) is 6.64. The summed E-state index contributed by atoms with van der Waals surface area (Å²) in [6.45, 7) is 3.68. The summed E-state index contributed by atoms with van der Waals surface area (Å²) in [7, 11) is 0. The van der Waals surface area contributed by atoms with Crippen molar-refractivity contribution in [1.29, 1.82) is 0 Å². The largest absolute Gasteiger partial charge is 0.295 e. The highest BCUT2D eigenvalue weighted by molar-refractivity contribution is 5.06. The Kier molecular flexibility index (Phi) is 9.29. The minimum absolute atomic E-state index is 0.760. The van der Waals surface area contributed by atoms with Crippen molar-refractivity contribution in [2.45, 2.75) is 141 Å². The molecule has 3 heterocycles. The average Bonchev–Trinajstić information content (AvgIpc) is 3.42. The van der Waals surface area contributed by atoms with Gasteiger partial charge in [-0.1, -0.05) is 96.8 Å². The fraction of sp³-hybridized carbons (Fsp3) is 1.00. The number of nitrogens with one attached hydrogen (secondary N) is 1. The molecule has 2 nitrogen and oxygen atoms in total. The van der Waals surface area contributed by atoms with Crippen molar-refractivity contribution < 1.29 is 0 Å². The number of piperidine rings is 1. The van der Waals surface area contributed by atoms with E-state index in [2.05, 4.69) is 17.1 Å². The number of rotatable bonds is 9. The molecule has 0 spiro atoms. The van der Waals surface area contributed by atoms with Crippen LogP contribution in [0.4, 0.5) is 0 Å². The molecule has 0 radical (unpaired) electrons. The maximum absolute atomic E-state index is 3.82. The van der Waals surface area contributed by atoms with Crippen LogP contribution in [0.3, 0.4) is 0 Å². The fourth-order valence-corrected chi connectivity index (χ4v) is 5.74. The highest BCUT2D eigenvalue weighted by atomic mass is 15.4. The van der Waals surface area contributed by atoms with Gasteiger partial charge >= 0.3 is 0 Å². The van der Waals surface area contributed by atoms with Crippen molar-refractivity contribution in [1.82, 2.24) is 10.2 Å². The van der Waals surface area contributed by atoms with E-state index in [4.69, 9.17) is 0 Å². The van der Waals surface area contributed by atoms with Crippen molar-refractivity contribution >= 4 is 0 Å². The second-order valence-corrected chi connectivity index (χ2v) is 9.55. The lowest BCUT2D eigenvalue weighted by atomic mass is 9.82. The molecule has 26 heavy (non-hydrogen) atoms. The molecule has 3 aliphatic rings. The molecule has 0 aromatic rings. The first-order valence-corrected chi connectivity index (χ1v) is 12.4. The standard InChI is InChI=1S/C24H46N2/c1-2-3-4-5-6-8-11-14-17-21-20-22-24(25-22)26-19-16-13-10-7-9-12-15-18-23(21)26/h21-25H,2-20H2,1H3. The van der Waals surface area contributed by atoms with Gasteiger partial charge in [-0.15, -0.1) is 0 Å². The van der Waals surface area contributed by atoms with Crippen molar-refractivity contribution in [2.24, 2.45) is 5.92 Å². The topological polar surface area (TPSA) is 25.2 Å². The first-order chi connectivity index (χ1) is 12.9. The first kappa shape index (κ1) is 20.6. The Morgan fingerprint density at radius 1 is 0.769 bits per heavy atom. The van der Waals surface area contributed by atoms with Gasteiger partial charge in [0.15, 0.2) is 0 Å². The van der Waals surface area contributed by atoms with Crippen LogP contribution in [-0.4, -0.2) is 29.7 Å². The Morgan fingerprint density at radius 2 is 1.42 bits per heavy atom. The van der Waals surface area contributed by atoms with Crippen molar-refractivity contribution in [3.05, 3.63) is 0 Å². The van der Waals surface area contributed by atoms with E-state index in [1.165, 1.54) is 122 Å². The van der Waals surface area contributed by atoms with Gasteiger partial charge in [0.05, 0.1) is 6.17 Å². The highest BCUT2D eigenvalue weighted by Crippen LogP contribution is 2.40. The van der Waals surface area contributed by atoms with Crippen LogP contribution in [-0.2, 0) is 0 Å². The third kappa shape index (κ3) is 6.51. The summed E-state index contributed by atoms with van der Waals surface area (Å²) < 4.78 is 0. The molecule has 0 aromatic heterocycles. The van der Waals surface area contributed by atoms with Crippen molar-refractivity contribution in [3.63, 3.8) is 0 Å². The van der Waals surface area contributed by atoms with Crippen LogP contribution < -0.4 is 5.32 Å². The Labute approximate surface area is 163 Å². The highest BCUT2D eigenvalue weighted by Gasteiger charge is 2.50. The minimum Gasteiger partial charge on any atom is -0.295 e. The third-order valence-electron chi connectivity index (χ3n) is 7.39. The molecule has 4 unspecified atom stereocenters. The molecule has 3 fully saturated rings. The summed E-state index contributed by atoms with van der Waals surface area (Å²) in [6, 6.07) is 1.74. The molecule has 0 bridgehead atoms. The van der Waals surface area contributed by atoms with E-state index in [0.29, 0.717) is 0 Å². The Morgan fingerprint density at radius 3 is 2.19 bits per heavy atom. The third-order valence-corrected chi connectivity index (χ3v) is 7.39. The molecule has 0 amide bonds. The van der Waals surface area contributed by atoms with Crippen LogP contribution in [0.15, 0.2) is 0 Å². The van der Waals surface area contributed by atoms with E-state index in [-0.39, 0.29) is 0 Å². The minimum atomic E-state index is 0.760. The summed E-state index contributed by atoms with van der Waals surface area (Å²) in [5.74, 6) is 0.979. The smallest absolute Gasteiger partial charge is 0.0761 e. The quantitative estimate of drug-likeness (QED) is 0.367. The lowest BCUT2D eigenvalue weighted by Crippen LogP contribution is -2.48. The molecular weight excluding hydrogens is 316 g/mol. The molecule has 4 atom stereocenters. The fourth-order valence-electron chi connectivity index (χ4n) is 5.74. The lowest BCUT2D eigenvalue weighted by molar-refractivity contribution is 0.0788. The Bertz CT molecular complexity index is 369. The Balaban J connectivity index is 1.40. The van der Waals surface area contributed by atoms with Crippen molar-refractivity contribution in [3.8, 4) is 0 Å². The van der Waals surface area contributed by atoms with Crippen molar-refractivity contribution in [2.75, 3.05) is 6.54 Å². The molecule has 152 valence electrons. The van der Waals surface area contributed by atoms with E-state index >= 15 is 0 Å². The summed E-state index contributed by atoms with van der Waals surface area (Å²) in [4.78, 5) is 2.93. The van der Waals surface area contributed by atoms with Crippen LogP contribution in [0.25, 0.3) is 0 Å². The number of hydrogen-bond acceptors (Lipinski definition) is 2.